The van der Waals surface area contributed by atoms with Crippen molar-refractivity contribution in [3.05, 3.63) is 32.3 Å². The number of carboxylic acids is 1. The van der Waals surface area contributed by atoms with Crippen LogP contribution in [0.15, 0.2) is 16.6 Å². The number of aromatic hydroxyl groups is 1. The van der Waals surface area contributed by atoms with E-state index in [2.05, 4.69) is 31.9 Å². The van der Waals surface area contributed by atoms with Crippen LogP contribution in [0.1, 0.15) is 10.4 Å². The molecule has 2 N–H and O–H groups in total. The number of hydrogen-bond donors (Lipinski definition) is 2. The van der Waals surface area contributed by atoms with Gasteiger partial charge in [-0.2, -0.15) is 0 Å². The second-order valence-corrected chi connectivity index (χ2v) is 4.59. The second kappa shape index (κ2) is 4.79. The Kier molecular flexibility index (Phi) is 3.87. The van der Waals surface area contributed by atoms with Gasteiger partial charge in [0, 0.05) is 6.07 Å². The van der Waals surface area contributed by atoms with E-state index in [0.717, 1.165) is 12.1 Å². The number of alkyl halides is 1. The van der Waals surface area contributed by atoms with Crippen LogP contribution in [0, 0.1) is 10.1 Å². The summed E-state index contributed by atoms with van der Waals surface area (Å²) < 4.78 is 0.132. The summed E-state index contributed by atoms with van der Waals surface area (Å²) in [5, 5.41) is 28.8. The molecule has 0 saturated heterocycles. The lowest BCUT2D eigenvalue weighted by Gasteiger charge is -2.07. The molecule has 0 aliphatic carbocycles. The lowest BCUT2D eigenvalue weighted by Crippen LogP contribution is -2.07. The van der Waals surface area contributed by atoms with Crippen LogP contribution in [0.2, 0.25) is 0 Å². The number of nitro benzene ring substituents is 1. The molecule has 1 aromatic rings. The molecule has 0 spiro atoms. The number of carbonyl (C=O) groups is 1. The van der Waals surface area contributed by atoms with Crippen LogP contribution >= 0.6 is 31.9 Å². The fraction of sp³-hybridized carbons (Fsp3) is 0.125. The summed E-state index contributed by atoms with van der Waals surface area (Å²) in [6.45, 7) is 0. The first-order valence-electron chi connectivity index (χ1n) is 3.88. The lowest BCUT2D eigenvalue weighted by atomic mass is 10.1. The molecule has 0 aliphatic heterocycles. The highest BCUT2D eigenvalue weighted by atomic mass is 79.9. The molecule has 0 radical (unpaired) electrons. The monoisotopic (exact) mass is 353 g/mol. The molecule has 86 valence electrons. The summed E-state index contributed by atoms with van der Waals surface area (Å²) in [6.07, 6.45) is 0. The van der Waals surface area contributed by atoms with E-state index in [-0.39, 0.29) is 21.5 Å². The molecule has 0 amide bonds. The number of phenolic OH excluding ortho intramolecular Hbond substituents is 1. The van der Waals surface area contributed by atoms with E-state index < -0.39 is 15.7 Å². The molecule has 1 unspecified atom stereocenters. The normalized spacial score (nSPS) is 12.1. The van der Waals surface area contributed by atoms with Gasteiger partial charge in [-0.05, 0) is 22.0 Å². The molecule has 0 heterocycles. The Morgan fingerprint density at radius 1 is 1.50 bits per heavy atom. The van der Waals surface area contributed by atoms with Crippen molar-refractivity contribution >= 4 is 43.5 Å². The highest BCUT2D eigenvalue weighted by Gasteiger charge is 2.27. The Hall–Kier alpha value is -1.15. The second-order valence-electron chi connectivity index (χ2n) is 2.82. The first-order chi connectivity index (χ1) is 7.34. The van der Waals surface area contributed by atoms with Gasteiger partial charge in [0.15, 0.2) is 0 Å². The summed E-state index contributed by atoms with van der Waals surface area (Å²) in [4.78, 5) is 19.5. The average molecular weight is 355 g/mol. The molecule has 0 aliphatic rings. The first kappa shape index (κ1) is 12.9. The highest BCUT2D eigenvalue weighted by molar-refractivity contribution is 9.10. The van der Waals surface area contributed by atoms with E-state index in [0.29, 0.717) is 0 Å². The van der Waals surface area contributed by atoms with E-state index in [9.17, 15) is 20.0 Å². The molecular formula is C8H5Br2NO5. The van der Waals surface area contributed by atoms with Gasteiger partial charge in [-0.1, -0.05) is 15.9 Å². The van der Waals surface area contributed by atoms with E-state index >= 15 is 0 Å². The number of nitrogens with zero attached hydrogens (tertiary/aromatic N) is 1. The van der Waals surface area contributed by atoms with Crippen LogP contribution in [0.25, 0.3) is 0 Å². The fourth-order valence-electron chi connectivity index (χ4n) is 1.06. The number of halogens is 2. The van der Waals surface area contributed by atoms with Crippen LogP contribution in [-0.2, 0) is 4.79 Å². The predicted molar refractivity (Wildman–Crippen MR) is 61.8 cm³/mol. The summed E-state index contributed by atoms with van der Waals surface area (Å²) in [6, 6.07) is 2.09. The smallest absolute Gasteiger partial charge is 0.322 e. The topological polar surface area (TPSA) is 101 Å². The number of nitro groups is 1. The first-order valence-corrected chi connectivity index (χ1v) is 5.59. The SMILES string of the molecule is O=C(O)C(Br)c1cc(O)c(Br)cc1[N+](=O)[O-]. The van der Waals surface area contributed by atoms with E-state index in [1.165, 1.54) is 0 Å². The molecule has 1 aromatic carbocycles. The van der Waals surface area contributed by atoms with Crippen LogP contribution in [0.4, 0.5) is 5.69 Å². The van der Waals surface area contributed by atoms with E-state index in [1.807, 2.05) is 0 Å². The quantitative estimate of drug-likeness (QED) is 0.493. The predicted octanol–water partition coefficient (Wildman–Crippen LogP) is 2.58. The number of benzene rings is 1. The molecule has 6 nitrogen and oxygen atoms in total. The Morgan fingerprint density at radius 3 is 2.50 bits per heavy atom. The van der Waals surface area contributed by atoms with Crippen LogP contribution in [0.5, 0.6) is 5.75 Å². The molecule has 0 fully saturated rings. The maximum atomic E-state index is 10.7. The third kappa shape index (κ3) is 2.50. The van der Waals surface area contributed by atoms with Crippen molar-refractivity contribution in [1.29, 1.82) is 0 Å². The largest absolute Gasteiger partial charge is 0.507 e. The van der Waals surface area contributed by atoms with Crippen molar-refractivity contribution in [2.75, 3.05) is 0 Å². The molecular weight excluding hydrogens is 350 g/mol. The Morgan fingerprint density at radius 2 is 2.06 bits per heavy atom. The average Bonchev–Trinajstić information content (AvgIpc) is 2.19. The van der Waals surface area contributed by atoms with Gasteiger partial charge < -0.3 is 10.2 Å². The minimum absolute atomic E-state index is 0.113. The van der Waals surface area contributed by atoms with Crippen molar-refractivity contribution in [3.8, 4) is 5.75 Å². The van der Waals surface area contributed by atoms with Gasteiger partial charge in [0.1, 0.15) is 10.6 Å². The Labute approximate surface area is 106 Å². The maximum absolute atomic E-state index is 10.7. The molecule has 8 heteroatoms. The number of aliphatic carboxylic acids is 1. The summed E-state index contributed by atoms with van der Waals surface area (Å²) in [5.41, 5.74) is -0.493. The van der Waals surface area contributed by atoms with Crippen molar-refractivity contribution in [2.24, 2.45) is 0 Å². The summed E-state index contributed by atoms with van der Waals surface area (Å²) >= 11 is 5.72. The maximum Gasteiger partial charge on any atom is 0.322 e. The summed E-state index contributed by atoms with van der Waals surface area (Å²) in [7, 11) is 0. The molecule has 1 atom stereocenters. The fourth-order valence-corrected chi connectivity index (χ4v) is 1.76. The third-order valence-corrected chi connectivity index (χ3v) is 3.30. The number of rotatable bonds is 3. The lowest BCUT2D eigenvalue weighted by molar-refractivity contribution is -0.385. The van der Waals surface area contributed by atoms with Crippen molar-refractivity contribution < 1.29 is 19.9 Å². The van der Waals surface area contributed by atoms with Crippen LogP contribution in [0.3, 0.4) is 0 Å². The van der Waals surface area contributed by atoms with Gasteiger partial charge >= 0.3 is 5.97 Å². The Bertz CT molecular complexity index is 462. The van der Waals surface area contributed by atoms with E-state index in [1.54, 1.807) is 0 Å². The van der Waals surface area contributed by atoms with Crippen molar-refractivity contribution in [3.63, 3.8) is 0 Å². The van der Waals surface area contributed by atoms with Gasteiger partial charge in [0.2, 0.25) is 0 Å². The zero-order valence-corrected chi connectivity index (χ0v) is 10.7. The zero-order chi connectivity index (χ0) is 12.5. The van der Waals surface area contributed by atoms with Gasteiger partial charge in [0.05, 0.1) is 15.0 Å². The van der Waals surface area contributed by atoms with Gasteiger partial charge in [-0.25, -0.2) is 0 Å². The minimum Gasteiger partial charge on any atom is -0.507 e. The van der Waals surface area contributed by atoms with Gasteiger partial charge in [0.25, 0.3) is 5.69 Å². The van der Waals surface area contributed by atoms with Crippen LogP contribution in [-0.4, -0.2) is 21.1 Å². The molecule has 0 bridgehead atoms. The van der Waals surface area contributed by atoms with Gasteiger partial charge in [-0.15, -0.1) is 0 Å². The van der Waals surface area contributed by atoms with Gasteiger partial charge in [-0.3, -0.25) is 14.9 Å². The Balaban J connectivity index is 3.41. The van der Waals surface area contributed by atoms with Crippen molar-refractivity contribution in [1.82, 2.24) is 0 Å². The number of hydrogen-bond acceptors (Lipinski definition) is 4. The standard InChI is InChI=1S/C8H5Br2NO5/c9-4-2-5(11(15)16)3(1-6(4)12)7(10)8(13)14/h1-2,7,12H,(H,13,14). The van der Waals surface area contributed by atoms with Crippen molar-refractivity contribution in [2.45, 2.75) is 4.83 Å². The minimum atomic E-state index is -1.27. The molecule has 0 aromatic heterocycles. The van der Waals surface area contributed by atoms with E-state index in [4.69, 9.17) is 5.11 Å². The molecule has 0 saturated carbocycles. The number of phenols is 1. The molecule has 16 heavy (non-hydrogen) atoms. The van der Waals surface area contributed by atoms with Crippen LogP contribution < -0.4 is 0 Å². The third-order valence-electron chi connectivity index (χ3n) is 1.78. The zero-order valence-electron chi connectivity index (χ0n) is 7.55. The summed E-state index contributed by atoms with van der Waals surface area (Å²) in [5.74, 6) is -1.53. The molecule has 1 rings (SSSR count). The highest BCUT2D eigenvalue weighted by Crippen LogP contribution is 2.38. The number of carboxylic acid groups (broad SMARTS) is 1.